The molecule has 23 heavy (non-hydrogen) atoms. The highest BCUT2D eigenvalue weighted by Crippen LogP contribution is 2.25. The molecule has 0 amide bonds. The number of nitrogens with zero attached hydrogens (tertiary/aromatic N) is 2. The third-order valence-electron chi connectivity index (χ3n) is 3.38. The molecule has 118 valence electrons. The molecule has 6 nitrogen and oxygen atoms in total. The number of sulfonamides is 1. The topological polar surface area (TPSA) is 85.1 Å². The number of benzene rings is 2. The summed E-state index contributed by atoms with van der Waals surface area (Å²) < 4.78 is 31.7. The van der Waals surface area contributed by atoms with Crippen LogP contribution < -0.4 is 4.72 Å². The summed E-state index contributed by atoms with van der Waals surface area (Å²) >= 11 is 0. The van der Waals surface area contributed by atoms with Gasteiger partial charge in [-0.3, -0.25) is 0 Å². The van der Waals surface area contributed by atoms with Gasteiger partial charge in [-0.05, 0) is 44.3 Å². The highest BCUT2D eigenvalue weighted by Gasteiger charge is 2.15. The molecule has 1 heterocycles. The Balaban J connectivity index is 1.98. The average molecular weight is 329 g/mol. The fourth-order valence-electron chi connectivity index (χ4n) is 2.07. The molecule has 1 aromatic heterocycles. The molecule has 0 aliphatic heterocycles. The third kappa shape index (κ3) is 3.15. The predicted octanol–water partition coefficient (Wildman–Crippen LogP) is 2.62. The van der Waals surface area contributed by atoms with E-state index in [1.165, 1.54) is 19.2 Å². The summed E-state index contributed by atoms with van der Waals surface area (Å²) in [4.78, 5) is 0.146. The lowest BCUT2D eigenvalue weighted by Crippen LogP contribution is -2.18. The van der Waals surface area contributed by atoms with Gasteiger partial charge in [-0.15, -0.1) is 10.2 Å². The van der Waals surface area contributed by atoms with Crippen molar-refractivity contribution in [3.05, 3.63) is 54.1 Å². The molecule has 0 saturated carbocycles. The lowest BCUT2D eigenvalue weighted by Gasteiger charge is -2.03. The molecule has 0 unspecified atom stereocenters. The summed E-state index contributed by atoms with van der Waals surface area (Å²) in [6.07, 6.45) is 0. The molecule has 0 fully saturated rings. The van der Waals surface area contributed by atoms with Crippen LogP contribution >= 0.6 is 0 Å². The third-order valence-corrected chi connectivity index (χ3v) is 4.80. The van der Waals surface area contributed by atoms with Crippen molar-refractivity contribution in [3.63, 3.8) is 0 Å². The summed E-state index contributed by atoms with van der Waals surface area (Å²) in [5.41, 5.74) is 2.50. The van der Waals surface area contributed by atoms with Gasteiger partial charge in [-0.2, -0.15) is 0 Å². The van der Waals surface area contributed by atoms with Crippen molar-refractivity contribution in [2.45, 2.75) is 11.8 Å². The van der Waals surface area contributed by atoms with Gasteiger partial charge in [0.2, 0.25) is 21.8 Å². The minimum absolute atomic E-state index is 0.146. The minimum atomic E-state index is -3.52. The van der Waals surface area contributed by atoms with Crippen LogP contribution in [0.3, 0.4) is 0 Å². The second-order valence-corrected chi connectivity index (χ2v) is 6.90. The SMILES string of the molecule is CNS(=O)(=O)c1cccc(-c2nnc(-c3ccc(C)cc3)o2)c1. The molecule has 2 aromatic carbocycles. The van der Waals surface area contributed by atoms with Crippen LogP contribution in [-0.4, -0.2) is 25.7 Å². The first-order valence-electron chi connectivity index (χ1n) is 6.94. The standard InChI is InChI=1S/C16H15N3O3S/c1-11-6-8-12(9-7-11)15-18-19-16(22-15)13-4-3-5-14(10-13)23(20,21)17-2/h3-10,17H,1-2H3. The number of hydrogen-bond donors (Lipinski definition) is 1. The van der Waals surface area contributed by atoms with Gasteiger partial charge < -0.3 is 4.42 Å². The Kier molecular flexibility index (Phi) is 3.97. The molecule has 1 N–H and O–H groups in total. The van der Waals surface area contributed by atoms with Gasteiger partial charge in [0.05, 0.1) is 4.90 Å². The van der Waals surface area contributed by atoms with Crippen LogP contribution in [0.25, 0.3) is 22.9 Å². The number of hydrogen-bond acceptors (Lipinski definition) is 5. The van der Waals surface area contributed by atoms with E-state index in [4.69, 9.17) is 4.42 Å². The van der Waals surface area contributed by atoms with Crippen molar-refractivity contribution < 1.29 is 12.8 Å². The molecule has 0 aliphatic rings. The summed E-state index contributed by atoms with van der Waals surface area (Å²) in [6, 6.07) is 14.1. The smallest absolute Gasteiger partial charge is 0.248 e. The van der Waals surface area contributed by atoms with E-state index in [0.717, 1.165) is 11.1 Å². The van der Waals surface area contributed by atoms with E-state index in [0.29, 0.717) is 11.5 Å². The fourth-order valence-corrected chi connectivity index (χ4v) is 2.84. The molecule has 0 radical (unpaired) electrons. The maximum atomic E-state index is 11.9. The van der Waals surface area contributed by atoms with Crippen LogP contribution in [0.15, 0.2) is 57.8 Å². The van der Waals surface area contributed by atoms with Crippen LogP contribution in [0.5, 0.6) is 0 Å². The number of aryl methyl sites for hydroxylation is 1. The Morgan fingerprint density at radius 3 is 2.26 bits per heavy atom. The van der Waals surface area contributed by atoms with E-state index in [-0.39, 0.29) is 10.8 Å². The molecule has 0 atom stereocenters. The van der Waals surface area contributed by atoms with Gasteiger partial charge in [0.25, 0.3) is 0 Å². The molecule has 0 aliphatic carbocycles. The summed E-state index contributed by atoms with van der Waals surface area (Å²) in [5, 5.41) is 8.03. The zero-order valence-electron chi connectivity index (χ0n) is 12.6. The zero-order valence-corrected chi connectivity index (χ0v) is 13.5. The lowest BCUT2D eigenvalue weighted by atomic mass is 10.1. The van der Waals surface area contributed by atoms with Crippen molar-refractivity contribution in [3.8, 4) is 22.9 Å². The van der Waals surface area contributed by atoms with E-state index >= 15 is 0 Å². The van der Waals surface area contributed by atoms with Crippen molar-refractivity contribution >= 4 is 10.0 Å². The van der Waals surface area contributed by atoms with Crippen molar-refractivity contribution in [1.82, 2.24) is 14.9 Å². The normalized spacial score (nSPS) is 11.6. The number of nitrogens with one attached hydrogen (secondary N) is 1. The van der Waals surface area contributed by atoms with E-state index in [1.54, 1.807) is 12.1 Å². The van der Waals surface area contributed by atoms with Gasteiger partial charge in [0, 0.05) is 11.1 Å². The summed E-state index contributed by atoms with van der Waals surface area (Å²) in [7, 11) is -2.15. The number of rotatable bonds is 4. The Labute approximate surface area is 134 Å². The predicted molar refractivity (Wildman–Crippen MR) is 86.2 cm³/mol. The Morgan fingerprint density at radius 2 is 1.61 bits per heavy atom. The lowest BCUT2D eigenvalue weighted by molar-refractivity contribution is 0.583. The van der Waals surface area contributed by atoms with Gasteiger partial charge in [-0.1, -0.05) is 23.8 Å². The van der Waals surface area contributed by atoms with Crippen LogP contribution in [0, 0.1) is 6.92 Å². The first-order chi connectivity index (χ1) is 11.0. The highest BCUT2D eigenvalue weighted by molar-refractivity contribution is 7.89. The largest absolute Gasteiger partial charge is 0.416 e. The first-order valence-corrected chi connectivity index (χ1v) is 8.42. The van der Waals surface area contributed by atoms with E-state index < -0.39 is 10.0 Å². The molecule has 7 heteroatoms. The first kappa shape index (κ1) is 15.4. The Morgan fingerprint density at radius 1 is 0.957 bits per heavy atom. The van der Waals surface area contributed by atoms with E-state index in [2.05, 4.69) is 14.9 Å². The van der Waals surface area contributed by atoms with Gasteiger partial charge in [0.1, 0.15) is 0 Å². The zero-order chi connectivity index (χ0) is 16.4. The van der Waals surface area contributed by atoms with Crippen LogP contribution in [0.1, 0.15) is 5.56 Å². The van der Waals surface area contributed by atoms with Crippen LogP contribution in [0.2, 0.25) is 0 Å². The molecule has 3 aromatic rings. The number of aromatic nitrogens is 2. The Bertz CT molecular complexity index is 931. The van der Waals surface area contributed by atoms with Gasteiger partial charge in [0.15, 0.2) is 0 Å². The summed E-state index contributed by atoms with van der Waals surface area (Å²) in [5.74, 6) is 0.663. The molecule has 0 spiro atoms. The fraction of sp³-hybridized carbons (Fsp3) is 0.125. The molecule has 0 saturated heterocycles. The second kappa shape index (κ2) is 5.94. The van der Waals surface area contributed by atoms with E-state index in [9.17, 15) is 8.42 Å². The monoisotopic (exact) mass is 329 g/mol. The summed E-state index contributed by atoms with van der Waals surface area (Å²) in [6.45, 7) is 2.00. The Hall–Kier alpha value is -2.51. The van der Waals surface area contributed by atoms with Crippen molar-refractivity contribution in [2.75, 3.05) is 7.05 Å². The van der Waals surface area contributed by atoms with E-state index in [1.807, 2.05) is 31.2 Å². The highest BCUT2D eigenvalue weighted by atomic mass is 32.2. The van der Waals surface area contributed by atoms with Gasteiger partial charge >= 0.3 is 0 Å². The maximum Gasteiger partial charge on any atom is 0.248 e. The molecular formula is C16H15N3O3S. The second-order valence-electron chi connectivity index (χ2n) is 5.01. The van der Waals surface area contributed by atoms with Crippen LogP contribution in [-0.2, 0) is 10.0 Å². The average Bonchev–Trinajstić information content (AvgIpc) is 3.06. The molecule has 3 rings (SSSR count). The minimum Gasteiger partial charge on any atom is -0.416 e. The molecule has 0 bridgehead atoms. The molecular weight excluding hydrogens is 314 g/mol. The quantitative estimate of drug-likeness (QED) is 0.795. The van der Waals surface area contributed by atoms with Crippen molar-refractivity contribution in [1.29, 1.82) is 0 Å². The maximum absolute atomic E-state index is 11.9. The van der Waals surface area contributed by atoms with Gasteiger partial charge in [-0.25, -0.2) is 13.1 Å². The van der Waals surface area contributed by atoms with Crippen molar-refractivity contribution in [2.24, 2.45) is 0 Å². The van der Waals surface area contributed by atoms with Crippen LogP contribution in [0.4, 0.5) is 0 Å².